The molecule has 2 aromatic rings. The van der Waals surface area contributed by atoms with E-state index in [-0.39, 0.29) is 11.7 Å². The zero-order chi connectivity index (χ0) is 15.4. The Bertz CT molecular complexity index is 609. The Hall–Kier alpha value is -1.68. The quantitative estimate of drug-likeness (QED) is 0.830. The Labute approximate surface area is 134 Å². The molecule has 1 saturated heterocycles. The van der Waals surface area contributed by atoms with Crippen LogP contribution in [0, 0.1) is 5.82 Å². The van der Waals surface area contributed by atoms with Gasteiger partial charge in [0, 0.05) is 19.0 Å². The molecule has 1 amide bonds. The summed E-state index contributed by atoms with van der Waals surface area (Å²) in [4.78, 5) is 14.5. The molecule has 2 heterocycles. The maximum absolute atomic E-state index is 13.1. The molecule has 0 N–H and O–H groups in total. The van der Waals surface area contributed by atoms with Gasteiger partial charge in [-0.3, -0.25) is 4.79 Å². The number of likely N-dealkylation sites (tertiary alicyclic amines) is 1. The number of thiophene rings is 1. The minimum atomic E-state index is -0.206. The molecule has 1 aromatic carbocycles. The molecule has 116 valence electrons. The number of rotatable bonds is 3. The highest BCUT2D eigenvalue weighted by molar-refractivity contribution is 7.07. The monoisotopic (exact) mass is 317 g/mol. The lowest BCUT2D eigenvalue weighted by atomic mass is 9.94. The van der Waals surface area contributed by atoms with Crippen LogP contribution in [-0.4, -0.2) is 23.9 Å². The van der Waals surface area contributed by atoms with E-state index in [4.69, 9.17) is 0 Å². The van der Waals surface area contributed by atoms with Crippen LogP contribution in [0.5, 0.6) is 0 Å². The van der Waals surface area contributed by atoms with Gasteiger partial charge in [0.1, 0.15) is 5.82 Å². The van der Waals surface area contributed by atoms with Crippen LogP contribution in [0.3, 0.4) is 0 Å². The molecule has 22 heavy (non-hydrogen) atoms. The number of amides is 1. The molecule has 4 heteroatoms. The van der Waals surface area contributed by atoms with Gasteiger partial charge in [-0.15, -0.1) is 0 Å². The maximum atomic E-state index is 13.1. The molecular formula is C18H20FNOS. The van der Waals surface area contributed by atoms with Gasteiger partial charge in [0.25, 0.3) is 0 Å². The molecule has 1 atom stereocenters. The first-order chi connectivity index (χ1) is 10.7. The second kappa shape index (κ2) is 7.05. The van der Waals surface area contributed by atoms with Crippen LogP contribution in [0.15, 0.2) is 41.1 Å². The van der Waals surface area contributed by atoms with Crippen LogP contribution < -0.4 is 0 Å². The molecule has 1 aliphatic rings. The first-order valence-corrected chi connectivity index (χ1v) is 8.71. The van der Waals surface area contributed by atoms with E-state index in [0.717, 1.165) is 43.5 Å². The second-order valence-electron chi connectivity index (χ2n) is 5.89. The van der Waals surface area contributed by atoms with Gasteiger partial charge < -0.3 is 4.90 Å². The van der Waals surface area contributed by atoms with Gasteiger partial charge in [0.05, 0.1) is 6.42 Å². The van der Waals surface area contributed by atoms with Gasteiger partial charge in [0.15, 0.2) is 0 Å². The third-order valence-corrected chi connectivity index (χ3v) is 5.03. The summed E-state index contributed by atoms with van der Waals surface area (Å²) in [5.41, 5.74) is 2.23. The van der Waals surface area contributed by atoms with Crippen molar-refractivity contribution in [1.82, 2.24) is 4.90 Å². The first-order valence-electron chi connectivity index (χ1n) is 7.76. The Balaban J connectivity index is 1.69. The van der Waals surface area contributed by atoms with Crippen molar-refractivity contribution >= 4 is 17.2 Å². The van der Waals surface area contributed by atoms with Gasteiger partial charge in [-0.25, -0.2) is 4.39 Å². The molecule has 0 spiro atoms. The second-order valence-corrected chi connectivity index (χ2v) is 6.67. The Kier molecular flexibility index (Phi) is 4.88. The van der Waals surface area contributed by atoms with Crippen molar-refractivity contribution in [1.29, 1.82) is 0 Å². The maximum Gasteiger partial charge on any atom is 0.227 e. The van der Waals surface area contributed by atoms with E-state index in [1.165, 1.54) is 12.1 Å². The number of nitrogens with zero attached hydrogens (tertiary/aromatic N) is 1. The SMILES string of the molecule is O=C(Cc1ccsc1)N1CCCCC(c2ccc(F)cc2)C1. The molecule has 3 rings (SSSR count). The van der Waals surface area contributed by atoms with E-state index in [2.05, 4.69) is 0 Å². The minimum Gasteiger partial charge on any atom is -0.342 e. The van der Waals surface area contributed by atoms with Crippen LogP contribution in [0.2, 0.25) is 0 Å². The zero-order valence-corrected chi connectivity index (χ0v) is 13.3. The molecule has 1 fully saturated rings. The summed E-state index contributed by atoms with van der Waals surface area (Å²) in [7, 11) is 0. The molecule has 1 unspecified atom stereocenters. The predicted molar refractivity (Wildman–Crippen MR) is 87.6 cm³/mol. The summed E-state index contributed by atoms with van der Waals surface area (Å²) >= 11 is 1.62. The topological polar surface area (TPSA) is 20.3 Å². The van der Waals surface area contributed by atoms with Crippen LogP contribution in [0.25, 0.3) is 0 Å². The Morgan fingerprint density at radius 2 is 2.05 bits per heavy atom. The number of halogens is 1. The van der Waals surface area contributed by atoms with E-state index in [0.29, 0.717) is 12.3 Å². The van der Waals surface area contributed by atoms with Crippen LogP contribution in [0.4, 0.5) is 4.39 Å². The highest BCUT2D eigenvalue weighted by Crippen LogP contribution is 2.27. The fourth-order valence-corrected chi connectivity index (χ4v) is 3.72. The number of hydrogen-bond acceptors (Lipinski definition) is 2. The summed E-state index contributed by atoms with van der Waals surface area (Å²) in [6.07, 6.45) is 3.71. The van der Waals surface area contributed by atoms with Gasteiger partial charge >= 0.3 is 0 Å². The smallest absolute Gasteiger partial charge is 0.227 e. The van der Waals surface area contributed by atoms with E-state index >= 15 is 0 Å². The van der Waals surface area contributed by atoms with Gasteiger partial charge in [-0.2, -0.15) is 11.3 Å². The van der Waals surface area contributed by atoms with Crippen molar-refractivity contribution in [2.45, 2.75) is 31.6 Å². The minimum absolute atomic E-state index is 0.201. The van der Waals surface area contributed by atoms with Gasteiger partial charge in [0.2, 0.25) is 5.91 Å². The predicted octanol–water partition coefficient (Wildman–Crippen LogP) is 4.23. The molecule has 0 saturated carbocycles. The number of carbonyl (C=O) groups excluding carboxylic acids is 1. The fourth-order valence-electron chi connectivity index (χ4n) is 3.06. The summed E-state index contributed by atoms with van der Waals surface area (Å²) in [6, 6.07) is 8.74. The molecule has 1 aliphatic heterocycles. The van der Waals surface area contributed by atoms with Crippen LogP contribution >= 0.6 is 11.3 Å². The highest BCUT2D eigenvalue weighted by atomic mass is 32.1. The average Bonchev–Trinajstić information content (AvgIpc) is 2.90. The molecule has 1 aromatic heterocycles. The van der Waals surface area contributed by atoms with Crippen molar-refractivity contribution in [2.24, 2.45) is 0 Å². The van der Waals surface area contributed by atoms with Crippen molar-refractivity contribution in [2.75, 3.05) is 13.1 Å². The average molecular weight is 317 g/mol. The lowest BCUT2D eigenvalue weighted by molar-refractivity contribution is -0.130. The van der Waals surface area contributed by atoms with Crippen molar-refractivity contribution in [3.63, 3.8) is 0 Å². The number of carbonyl (C=O) groups is 1. The standard InChI is InChI=1S/C18H20FNOS/c19-17-6-4-15(5-7-17)16-3-1-2-9-20(12-16)18(21)11-14-8-10-22-13-14/h4-8,10,13,16H,1-3,9,11-12H2. The summed E-state index contributed by atoms with van der Waals surface area (Å²) in [5, 5.41) is 4.04. The van der Waals surface area contributed by atoms with E-state index in [1.807, 2.05) is 33.9 Å². The van der Waals surface area contributed by atoms with E-state index < -0.39 is 0 Å². The fraction of sp³-hybridized carbons (Fsp3) is 0.389. The number of hydrogen-bond donors (Lipinski definition) is 0. The summed E-state index contributed by atoms with van der Waals surface area (Å²) in [5.74, 6) is 0.310. The lowest BCUT2D eigenvalue weighted by Gasteiger charge is -2.25. The third-order valence-electron chi connectivity index (χ3n) is 4.30. The number of benzene rings is 1. The van der Waals surface area contributed by atoms with Gasteiger partial charge in [-0.05, 0) is 52.9 Å². The lowest BCUT2D eigenvalue weighted by Crippen LogP contribution is -2.35. The van der Waals surface area contributed by atoms with Gasteiger partial charge in [-0.1, -0.05) is 18.6 Å². The van der Waals surface area contributed by atoms with Crippen molar-refractivity contribution in [3.8, 4) is 0 Å². The largest absolute Gasteiger partial charge is 0.342 e. The zero-order valence-electron chi connectivity index (χ0n) is 12.5. The van der Waals surface area contributed by atoms with E-state index in [1.54, 1.807) is 11.3 Å². The Morgan fingerprint density at radius 3 is 2.77 bits per heavy atom. The molecule has 2 nitrogen and oxygen atoms in total. The van der Waals surface area contributed by atoms with Crippen molar-refractivity contribution in [3.05, 3.63) is 58.0 Å². The van der Waals surface area contributed by atoms with E-state index in [9.17, 15) is 9.18 Å². The highest BCUT2D eigenvalue weighted by Gasteiger charge is 2.23. The summed E-state index contributed by atoms with van der Waals surface area (Å²) < 4.78 is 13.1. The van der Waals surface area contributed by atoms with Crippen molar-refractivity contribution < 1.29 is 9.18 Å². The normalized spacial score (nSPS) is 19.0. The molecule has 0 radical (unpaired) electrons. The third kappa shape index (κ3) is 3.74. The van der Waals surface area contributed by atoms with Crippen LogP contribution in [-0.2, 0) is 11.2 Å². The molecular weight excluding hydrogens is 297 g/mol. The summed E-state index contributed by atoms with van der Waals surface area (Å²) in [6.45, 7) is 1.58. The van der Waals surface area contributed by atoms with Crippen LogP contribution in [0.1, 0.15) is 36.3 Å². The first kappa shape index (κ1) is 15.2. The molecule has 0 bridgehead atoms. The Morgan fingerprint density at radius 1 is 1.23 bits per heavy atom. The molecule has 0 aliphatic carbocycles.